The van der Waals surface area contributed by atoms with Crippen LogP contribution >= 0.6 is 0 Å². The van der Waals surface area contributed by atoms with Gasteiger partial charge in [-0.1, -0.05) is 80.6 Å². The van der Waals surface area contributed by atoms with Crippen LogP contribution in [-0.2, 0) is 10.2 Å². The first-order chi connectivity index (χ1) is 17.0. The Morgan fingerprint density at radius 2 is 1.78 bits per heavy atom. The quantitative estimate of drug-likeness (QED) is 0.356. The Morgan fingerprint density at radius 3 is 2.42 bits per heavy atom. The fraction of sp³-hybridized carbons (Fsp3) is 0.407. The first-order valence-electron chi connectivity index (χ1n) is 12.0. The lowest BCUT2D eigenvalue weighted by atomic mass is 9.87. The first kappa shape index (κ1) is 26.2. The highest BCUT2D eigenvalue weighted by molar-refractivity contribution is 6.86. The van der Waals surface area contributed by atoms with Crippen molar-refractivity contribution in [2.45, 2.75) is 63.2 Å². The highest BCUT2D eigenvalue weighted by Crippen LogP contribution is 2.38. The van der Waals surface area contributed by atoms with Crippen LogP contribution in [0.25, 0.3) is 0 Å². The number of aryl methyl sites for hydroxylation is 1. The van der Waals surface area contributed by atoms with Gasteiger partial charge in [-0.05, 0) is 23.1 Å². The number of aromatic nitrogens is 2. The highest BCUT2D eigenvalue weighted by Gasteiger charge is 2.53. The van der Waals surface area contributed by atoms with Gasteiger partial charge >= 0.3 is 5.69 Å². The van der Waals surface area contributed by atoms with Crippen molar-refractivity contribution in [3.63, 3.8) is 0 Å². The second kappa shape index (κ2) is 9.91. The Balaban J connectivity index is 1.81. The maximum Gasteiger partial charge on any atom is 0.330 e. The van der Waals surface area contributed by atoms with Crippen LogP contribution in [0.1, 0.15) is 44.5 Å². The summed E-state index contributed by atoms with van der Waals surface area (Å²) in [6, 6.07) is 17.6. The lowest BCUT2D eigenvalue weighted by Crippen LogP contribution is -2.62. The molecule has 1 unspecified atom stereocenters. The van der Waals surface area contributed by atoms with Crippen LogP contribution < -0.4 is 21.6 Å². The normalized spacial score (nSPS) is 23.2. The molecule has 0 amide bonds. The van der Waals surface area contributed by atoms with Crippen LogP contribution in [0.5, 0.6) is 0 Å². The lowest BCUT2D eigenvalue weighted by Gasteiger charge is -2.35. The zero-order chi connectivity index (χ0) is 26.3. The maximum atomic E-state index is 12.5. The molecule has 0 aliphatic carbocycles. The Kier molecular flexibility index (Phi) is 7.23. The number of nitrogens with one attached hydrogen (secondary N) is 1. The molecule has 3 aromatic rings. The van der Waals surface area contributed by atoms with E-state index in [1.54, 1.807) is 6.92 Å². The Morgan fingerprint density at radius 1 is 1.14 bits per heavy atom. The van der Waals surface area contributed by atoms with E-state index in [0.717, 1.165) is 15.9 Å². The minimum Gasteiger partial charge on any atom is -0.393 e. The van der Waals surface area contributed by atoms with Gasteiger partial charge in [0.1, 0.15) is 17.9 Å². The molecule has 1 aliphatic heterocycles. The van der Waals surface area contributed by atoms with Crippen LogP contribution in [0.15, 0.2) is 70.4 Å². The number of ether oxygens (including phenoxy) is 1. The number of aliphatic hydroxyl groups excluding tert-OH is 2. The zero-order valence-corrected chi connectivity index (χ0v) is 21.9. The van der Waals surface area contributed by atoms with Crippen LogP contribution in [0, 0.1) is 6.92 Å². The molecule has 191 valence electrons. The van der Waals surface area contributed by atoms with Crippen molar-refractivity contribution in [1.82, 2.24) is 9.55 Å². The van der Waals surface area contributed by atoms with Crippen molar-refractivity contribution in [3.05, 3.63) is 92.8 Å². The van der Waals surface area contributed by atoms with E-state index < -0.39 is 50.3 Å². The molecule has 1 aliphatic rings. The van der Waals surface area contributed by atoms with Crippen LogP contribution in [0.2, 0.25) is 0 Å². The van der Waals surface area contributed by atoms with E-state index in [9.17, 15) is 24.9 Å². The summed E-state index contributed by atoms with van der Waals surface area (Å²) < 4.78 is 7.34. The second-order valence-corrected chi connectivity index (χ2v) is 13.0. The van der Waals surface area contributed by atoms with Gasteiger partial charge in [0.05, 0.1) is 12.3 Å². The zero-order valence-electron chi connectivity index (χ0n) is 20.9. The molecule has 1 saturated heterocycles. The molecule has 0 bridgehead atoms. The molecule has 2 heterocycles. The summed E-state index contributed by atoms with van der Waals surface area (Å²) in [5, 5.41) is 35.5. The summed E-state index contributed by atoms with van der Waals surface area (Å²) >= 11 is 0. The highest BCUT2D eigenvalue weighted by atomic mass is 28.3. The van der Waals surface area contributed by atoms with Crippen molar-refractivity contribution >= 4 is 19.2 Å². The molecule has 0 spiro atoms. The van der Waals surface area contributed by atoms with Gasteiger partial charge < -0.3 is 20.1 Å². The van der Waals surface area contributed by atoms with Crippen molar-refractivity contribution in [3.8, 4) is 0 Å². The molecule has 4 rings (SSSR count). The van der Waals surface area contributed by atoms with Gasteiger partial charge in [0.25, 0.3) is 5.56 Å². The van der Waals surface area contributed by atoms with Gasteiger partial charge in [-0.3, -0.25) is 14.3 Å². The smallest absolute Gasteiger partial charge is 0.330 e. The first-order valence-corrected chi connectivity index (χ1v) is 13.5. The van der Waals surface area contributed by atoms with Gasteiger partial charge in [0, 0.05) is 18.2 Å². The third-order valence-electron chi connectivity index (χ3n) is 6.78. The number of nitrogens with zero attached hydrogens (tertiary/aromatic N) is 1. The average Bonchev–Trinajstić information content (AvgIpc) is 3.19. The number of hydrogen-bond donors (Lipinski definition) is 4. The Bertz CT molecular complexity index is 1330. The van der Waals surface area contributed by atoms with E-state index in [1.165, 1.54) is 10.8 Å². The Labute approximate surface area is 211 Å². The summed E-state index contributed by atoms with van der Waals surface area (Å²) in [4.78, 5) is 26.6. The molecule has 0 saturated carbocycles. The molecule has 2 aromatic carbocycles. The topological polar surface area (TPSA) is 125 Å². The number of aromatic amines is 1. The predicted molar refractivity (Wildman–Crippen MR) is 139 cm³/mol. The molecule has 1 radical (unpaired) electrons. The minimum atomic E-state index is -1.97. The number of rotatable bonds is 6. The van der Waals surface area contributed by atoms with Crippen molar-refractivity contribution in [1.29, 1.82) is 0 Å². The number of hydrogen-bond acceptors (Lipinski definition) is 6. The fourth-order valence-electron chi connectivity index (χ4n) is 4.88. The molecular weight excluding hydrogens is 476 g/mol. The van der Waals surface area contributed by atoms with Crippen molar-refractivity contribution in [2.75, 3.05) is 6.61 Å². The van der Waals surface area contributed by atoms with Gasteiger partial charge in [0.2, 0.25) is 0 Å². The molecule has 4 atom stereocenters. The standard InChI is InChI=1S/C27H33N2O6Si/c1-17-15-29(25(33)28-23(17)31)21-14-27(34,16-30)22(35-21)24(32)36(18-10-6-5-7-11-18)20-13-9-8-12-19(20)26(2,3)4/h5-13,15,21-22,24,30,32,34H,14,16H2,1-4H3,(H,28,31,33)/t21-,22-,24?,27-/m1/s1. The minimum absolute atomic E-state index is 0.124. The maximum absolute atomic E-state index is 12.5. The summed E-state index contributed by atoms with van der Waals surface area (Å²) in [6.45, 7) is 7.24. The molecule has 4 N–H and O–H groups in total. The average molecular weight is 510 g/mol. The SMILES string of the molecule is Cc1cn([C@H]2C[C@@](O)(CO)[C@@H](C(O)[Si](c3ccccc3)c3ccccc3C(C)(C)C)O2)c(=O)[nH]c1=O. The fourth-order valence-corrected chi connectivity index (χ4v) is 8.11. The van der Waals surface area contributed by atoms with Gasteiger partial charge in [-0.2, -0.15) is 0 Å². The predicted octanol–water partition coefficient (Wildman–Crippen LogP) is 0.363. The third kappa shape index (κ3) is 4.89. The van der Waals surface area contributed by atoms with E-state index in [1.807, 2.05) is 48.5 Å². The summed E-state index contributed by atoms with van der Waals surface area (Å²) in [5.41, 5.74) is -2.96. The second-order valence-electron chi connectivity index (χ2n) is 10.5. The van der Waals surface area contributed by atoms with E-state index in [0.29, 0.717) is 5.56 Å². The van der Waals surface area contributed by atoms with Gasteiger partial charge in [0.15, 0.2) is 8.80 Å². The molecule has 1 fully saturated rings. The van der Waals surface area contributed by atoms with Crippen molar-refractivity contribution in [2.24, 2.45) is 0 Å². The largest absolute Gasteiger partial charge is 0.393 e. The summed E-state index contributed by atoms with van der Waals surface area (Å²) in [6.07, 6.45) is -0.895. The summed E-state index contributed by atoms with van der Waals surface area (Å²) in [5.74, 6) is 0. The van der Waals surface area contributed by atoms with E-state index >= 15 is 0 Å². The van der Waals surface area contributed by atoms with E-state index in [-0.39, 0.29) is 11.8 Å². The van der Waals surface area contributed by atoms with Crippen LogP contribution in [0.3, 0.4) is 0 Å². The molecule has 8 nitrogen and oxygen atoms in total. The number of H-pyrrole nitrogens is 1. The monoisotopic (exact) mass is 509 g/mol. The number of benzene rings is 2. The molecule has 9 heteroatoms. The van der Waals surface area contributed by atoms with Crippen molar-refractivity contribution < 1.29 is 20.1 Å². The number of aliphatic hydroxyl groups is 3. The van der Waals surface area contributed by atoms with E-state index in [2.05, 4.69) is 31.8 Å². The van der Waals surface area contributed by atoms with E-state index in [4.69, 9.17) is 4.74 Å². The molecule has 36 heavy (non-hydrogen) atoms. The summed E-state index contributed by atoms with van der Waals surface area (Å²) in [7, 11) is -1.97. The third-order valence-corrected chi connectivity index (χ3v) is 9.65. The van der Waals surface area contributed by atoms with Gasteiger partial charge in [-0.25, -0.2) is 4.79 Å². The molecule has 1 aromatic heterocycles. The van der Waals surface area contributed by atoms with Gasteiger partial charge in [-0.15, -0.1) is 0 Å². The molecular formula is C27H33N2O6Si. The Hall–Kier alpha value is -2.82. The van der Waals surface area contributed by atoms with Crippen LogP contribution in [-0.4, -0.2) is 57.7 Å². The lowest BCUT2D eigenvalue weighted by molar-refractivity contribution is -0.112. The van der Waals surface area contributed by atoms with Crippen LogP contribution in [0.4, 0.5) is 0 Å².